The lowest BCUT2D eigenvalue weighted by molar-refractivity contribution is 0.198. The molecule has 1 aromatic rings. The van der Waals surface area contributed by atoms with Crippen molar-refractivity contribution in [2.24, 2.45) is 0 Å². The third-order valence-electron chi connectivity index (χ3n) is 2.21. The summed E-state index contributed by atoms with van der Waals surface area (Å²) in [6.07, 6.45) is 2.14. The average Bonchev–Trinajstić information content (AvgIpc) is 2.56. The molecule has 0 spiro atoms. The minimum absolute atomic E-state index is 0.254. The maximum atomic E-state index is 9.39. The summed E-state index contributed by atoms with van der Waals surface area (Å²) < 4.78 is 0.806. The molecule has 0 aliphatic carbocycles. The molecule has 1 aliphatic rings. The zero-order valence-electron chi connectivity index (χ0n) is 7.52. The highest BCUT2D eigenvalue weighted by molar-refractivity contribution is 9.10. The van der Waals surface area contributed by atoms with E-state index in [0.717, 1.165) is 23.3 Å². The van der Waals surface area contributed by atoms with Crippen molar-refractivity contribution < 1.29 is 5.11 Å². The van der Waals surface area contributed by atoms with E-state index in [9.17, 15) is 5.11 Å². The van der Waals surface area contributed by atoms with Gasteiger partial charge in [-0.1, -0.05) is 0 Å². The molecule has 3 N–H and O–H groups in total. The van der Waals surface area contributed by atoms with Gasteiger partial charge in [0.15, 0.2) is 0 Å². The number of β-amino-alcohol motifs (C(OH)–C–C–N with tert-alkyl or cyclic N) is 1. The molecule has 0 saturated carbocycles. The summed E-state index contributed by atoms with van der Waals surface area (Å²) in [5.74, 6) is 1.01. The summed E-state index contributed by atoms with van der Waals surface area (Å²) >= 11 is 3.36. The Morgan fingerprint density at radius 3 is 3.07 bits per heavy atom. The fourth-order valence-corrected chi connectivity index (χ4v) is 1.97. The van der Waals surface area contributed by atoms with Crippen LogP contribution in [0.2, 0.25) is 0 Å². The Bertz CT molecular complexity index is 346. The van der Waals surface area contributed by atoms with Crippen molar-refractivity contribution in [1.29, 1.82) is 0 Å². The molecule has 0 radical (unpaired) electrons. The van der Waals surface area contributed by atoms with Gasteiger partial charge in [-0.25, -0.2) is 4.98 Å². The van der Waals surface area contributed by atoms with E-state index in [-0.39, 0.29) is 12.1 Å². The molecular weight excluding hydrogens is 248 g/mol. The molecule has 1 fully saturated rings. The quantitative estimate of drug-likeness (QED) is 0.763. The van der Waals surface area contributed by atoms with Crippen molar-refractivity contribution in [2.45, 2.75) is 12.5 Å². The lowest BCUT2D eigenvalue weighted by atomic mass is 10.3. The largest absolute Gasteiger partial charge is 0.391 e. The third-order valence-corrected chi connectivity index (χ3v) is 2.77. The SMILES string of the molecule is Nc1ncc(Br)c(N2CCC(O)C2)n1. The molecule has 0 aromatic carbocycles. The Balaban J connectivity index is 2.27. The normalized spacial score (nSPS) is 21.6. The van der Waals surface area contributed by atoms with Crippen LogP contribution >= 0.6 is 15.9 Å². The Morgan fingerprint density at radius 2 is 2.43 bits per heavy atom. The van der Waals surface area contributed by atoms with Gasteiger partial charge in [0, 0.05) is 19.3 Å². The van der Waals surface area contributed by atoms with Gasteiger partial charge in [-0.2, -0.15) is 4.98 Å². The number of halogens is 1. The number of hydrogen-bond donors (Lipinski definition) is 2. The Hall–Kier alpha value is -0.880. The summed E-state index contributed by atoms with van der Waals surface area (Å²) in [4.78, 5) is 9.98. The number of hydrogen-bond acceptors (Lipinski definition) is 5. The zero-order chi connectivity index (χ0) is 10.1. The standard InChI is InChI=1S/C8H11BrN4O/c9-6-3-11-8(10)12-7(6)13-2-1-5(14)4-13/h3,5,14H,1-2,4H2,(H2,10,11,12). The molecule has 6 heteroatoms. The third kappa shape index (κ3) is 1.80. The van der Waals surface area contributed by atoms with Gasteiger partial charge in [0.1, 0.15) is 5.82 Å². The highest BCUT2D eigenvalue weighted by Crippen LogP contribution is 2.26. The van der Waals surface area contributed by atoms with Gasteiger partial charge in [-0.15, -0.1) is 0 Å². The van der Waals surface area contributed by atoms with Crippen LogP contribution in [0.3, 0.4) is 0 Å². The van der Waals surface area contributed by atoms with Crippen molar-refractivity contribution in [1.82, 2.24) is 9.97 Å². The van der Waals surface area contributed by atoms with Crippen LogP contribution in [0, 0.1) is 0 Å². The lowest BCUT2D eigenvalue weighted by Gasteiger charge is -2.17. The van der Waals surface area contributed by atoms with Gasteiger partial charge in [-0.05, 0) is 22.4 Å². The fourth-order valence-electron chi connectivity index (χ4n) is 1.53. The number of nitrogens with zero attached hydrogens (tertiary/aromatic N) is 3. The molecule has 5 nitrogen and oxygen atoms in total. The van der Waals surface area contributed by atoms with Crippen molar-refractivity contribution in [3.05, 3.63) is 10.7 Å². The first-order valence-corrected chi connectivity index (χ1v) is 5.17. The van der Waals surface area contributed by atoms with E-state index in [0.29, 0.717) is 6.54 Å². The van der Waals surface area contributed by atoms with E-state index < -0.39 is 0 Å². The zero-order valence-corrected chi connectivity index (χ0v) is 9.11. The first-order chi connectivity index (χ1) is 6.66. The van der Waals surface area contributed by atoms with Crippen molar-refractivity contribution in [3.8, 4) is 0 Å². The van der Waals surface area contributed by atoms with Crippen LogP contribution in [0.15, 0.2) is 10.7 Å². The van der Waals surface area contributed by atoms with Crippen LogP contribution in [-0.4, -0.2) is 34.3 Å². The summed E-state index contributed by atoms with van der Waals surface area (Å²) in [5.41, 5.74) is 5.50. The van der Waals surface area contributed by atoms with Crippen molar-refractivity contribution in [3.63, 3.8) is 0 Å². The van der Waals surface area contributed by atoms with Crippen LogP contribution in [-0.2, 0) is 0 Å². The number of aromatic nitrogens is 2. The van der Waals surface area contributed by atoms with Crippen molar-refractivity contribution in [2.75, 3.05) is 23.7 Å². The van der Waals surface area contributed by atoms with E-state index in [1.807, 2.05) is 4.90 Å². The average molecular weight is 259 g/mol. The maximum Gasteiger partial charge on any atom is 0.222 e. The van der Waals surface area contributed by atoms with Crippen LogP contribution in [0.4, 0.5) is 11.8 Å². The maximum absolute atomic E-state index is 9.39. The molecule has 2 heterocycles. The van der Waals surface area contributed by atoms with E-state index in [1.54, 1.807) is 6.20 Å². The van der Waals surface area contributed by atoms with Crippen LogP contribution in [0.1, 0.15) is 6.42 Å². The van der Waals surface area contributed by atoms with Gasteiger partial charge in [0.2, 0.25) is 5.95 Å². The lowest BCUT2D eigenvalue weighted by Crippen LogP contribution is -2.23. The second-order valence-electron chi connectivity index (χ2n) is 3.29. The van der Waals surface area contributed by atoms with E-state index in [1.165, 1.54) is 0 Å². The smallest absolute Gasteiger partial charge is 0.222 e. The molecule has 1 unspecified atom stereocenters. The molecule has 1 atom stereocenters. The Morgan fingerprint density at radius 1 is 1.64 bits per heavy atom. The molecule has 14 heavy (non-hydrogen) atoms. The molecule has 1 aromatic heterocycles. The summed E-state index contributed by atoms with van der Waals surface area (Å²) in [7, 11) is 0. The van der Waals surface area contributed by atoms with E-state index >= 15 is 0 Å². The predicted octanol–water partition coefficient (Wildman–Crippen LogP) is 0.392. The Labute approximate surface area is 90.1 Å². The van der Waals surface area contributed by atoms with E-state index in [4.69, 9.17) is 5.73 Å². The van der Waals surface area contributed by atoms with Gasteiger partial charge in [0.25, 0.3) is 0 Å². The van der Waals surface area contributed by atoms with Crippen LogP contribution in [0.5, 0.6) is 0 Å². The second kappa shape index (κ2) is 3.70. The van der Waals surface area contributed by atoms with Crippen LogP contribution in [0.25, 0.3) is 0 Å². The summed E-state index contributed by atoms with van der Waals surface area (Å²) in [6.45, 7) is 1.41. The molecule has 1 aliphatic heterocycles. The van der Waals surface area contributed by atoms with Crippen molar-refractivity contribution >= 4 is 27.7 Å². The second-order valence-corrected chi connectivity index (χ2v) is 4.14. The number of nitrogen functional groups attached to an aromatic ring is 1. The molecule has 0 amide bonds. The van der Waals surface area contributed by atoms with Gasteiger partial charge in [0.05, 0.1) is 10.6 Å². The van der Waals surface area contributed by atoms with Gasteiger partial charge >= 0.3 is 0 Å². The number of nitrogens with two attached hydrogens (primary N) is 1. The summed E-state index contributed by atoms with van der Waals surface area (Å²) in [5, 5.41) is 9.39. The molecular formula is C8H11BrN4O. The predicted molar refractivity (Wildman–Crippen MR) is 57.0 cm³/mol. The number of rotatable bonds is 1. The fraction of sp³-hybridized carbons (Fsp3) is 0.500. The summed E-state index contributed by atoms with van der Waals surface area (Å²) in [6, 6.07) is 0. The highest BCUT2D eigenvalue weighted by atomic mass is 79.9. The number of aliphatic hydroxyl groups excluding tert-OH is 1. The molecule has 0 bridgehead atoms. The highest BCUT2D eigenvalue weighted by Gasteiger charge is 2.23. The first kappa shape index (κ1) is 9.67. The molecule has 1 saturated heterocycles. The molecule has 76 valence electrons. The number of anilines is 2. The topological polar surface area (TPSA) is 75.3 Å². The molecule has 2 rings (SSSR count). The van der Waals surface area contributed by atoms with Crippen LogP contribution < -0.4 is 10.6 Å². The van der Waals surface area contributed by atoms with E-state index in [2.05, 4.69) is 25.9 Å². The Kier molecular flexibility index (Phi) is 2.56. The first-order valence-electron chi connectivity index (χ1n) is 4.38. The number of aliphatic hydroxyl groups is 1. The minimum atomic E-state index is -0.266. The monoisotopic (exact) mass is 258 g/mol. The van der Waals surface area contributed by atoms with Gasteiger partial charge < -0.3 is 15.7 Å². The minimum Gasteiger partial charge on any atom is -0.391 e. The van der Waals surface area contributed by atoms with Gasteiger partial charge in [-0.3, -0.25) is 0 Å².